The molecule has 0 saturated heterocycles. The number of carbonyl (C=O) groups excluding carboxylic acids is 2. The Labute approximate surface area is 143 Å². The lowest BCUT2D eigenvalue weighted by Gasteiger charge is -2.53. The van der Waals surface area contributed by atoms with Gasteiger partial charge >= 0.3 is 5.97 Å². The van der Waals surface area contributed by atoms with Crippen molar-refractivity contribution in [2.24, 2.45) is 17.3 Å². The number of nitrogens with one attached hydrogen (secondary N) is 1. The van der Waals surface area contributed by atoms with E-state index in [0.717, 1.165) is 18.5 Å². The summed E-state index contributed by atoms with van der Waals surface area (Å²) in [6, 6.07) is 8.54. The van der Waals surface area contributed by atoms with Crippen LogP contribution in [0.3, 0.4) is 0 Å². The summed E-state index contributed by atoms with van der Waals surface area (Å²) in [5, 5.41) is 3.66. The van der Waals surface area contributed by atoms with Gasteiger partial charge in [0, 0.05) is 35.4 Å². The average Bonchev–Trinajstić information content (AvgIpc) is 2.95. The summed E-state index contributed by atoms with van der Waals surface area (Å²) >= 11 is 0. The Bertz CT molecular complexity index is 685. The highest BCUT2D eigenvalue weighted by Crippen LogP contribution is 2.59. The Morgan fingerprint density at radius 1 is 1.29 bits per heavy atom. The first-order valence-corrected chi connectivity index (χ1v) is 9.12. The van der Waals surface area contributed by atoms with E-state index < -0.39 is 0 Å². The Kier molecular flexibility index (Phi) is 3.66. The van der Waals surface area contributed by atoms with E-state index in [1.165, 1.54) is 5.56 Å². The molecule has 3 unspecified atom stereocenters. The molecule has 0 bridgehead atoms. The SMILES string of the molecule is CCOC(=O)[C@@H]1CCC(=O)C2CCC3c4ccccc4NC3[C@]21C. The van der Waals surface area contributed by atoms with Gasteiger partial charge in [-0.05, 0) is 37.8 Å². The molecule has 2 saturated carbocycles. The lowest BCUT2D eigenvalue weighted by atomic mass is 9.51. The lowest BCUT2D eigenvalue weighted by molar-refractivity contribution is -0.162. The van der Waals surface area contributed by atoms with E-state index in [1.807, 2.05) is 13.0 Å². The van der Waals surface area contributed by atoms with Crippen molar-refractivity contribution in [3.8, 4) is 0 Å². The van der Waals surface area contributed by atoms with Crippen LogP contribution >= 0.6 is 0 Å². The Balaban J connectivity index is 1.75. The third-order valence-corrected chi connectivity index (χ3v) is 6.65. The molecule has 2 aliphatic carbocycles. The zero-order chi connectivity index (χ0) is 16.9. The quantitative estimate of drug-likeness (QED) is 0.845. The first kappa shape index (κ1) is 15.7. The molecule has 24 heavy (non-hydrogen) atoms. The van der Waals surface area contributed by atoms with E-state index in [9.17, 15) is 9.59 Å². The predicted molar refractivity (Wildman–Crippen MR) is 91.8 cm³/mol. The van der Waals surface area contributed by atoms with Crippen LogP contribution in [0.15, 0.2) is 24.3 Å². The Hall–Kier alpha value is -1.84. The molecule has 4 rings (SSSR count). The second-order valence-corrected chi connectivity index (χ2v) is 7.62. The van der Waals surface area contributed by atoms with Gasteiger partial charge in [-0.1, -0.05) is 25.1 Å². The minimum absolute atomic E-state index is 0.0382. The van der Waals surface area contributed by atoms with Gasteiger partial charge in [-0.15, -0.1) is 0 Å². The van der Waals surface area contributed by atoms with Crippen molar-refractivity contribution in [3.05, 3.63) is 29.8 Å². The van der Waals surface area contributed by atoms with Crippen LogP contribution in [0.5, 0.6) is 0 Å². The van der Waals surface area contributed by atoms with Crippen LogP contribution in [-0.4, -0.2) is 24.4 Å². The maximum Gasteiger partial charge on any atom is 0.309 e. The van der Waals surface area contributed by atoms with Crippen LogP contribution < -0.4 is 5.32 Å². The van der Waals surface area contributed by atoms with Gasteiger partial charge in [0.15, 0.2) is 0 Å². The molecule has 4 heteroatoms. The van der Waals surface area contributed by atoms with E-state index in [-0.39, 0.29) is 29.3 Å². The number of fused-ring (bicyclic) bond motifs is 5. The van der Waals surface area contributed by atoms with E-state index in [4.69, 9.17) is 4.74 Å². The van der Waals surface area contributed by atoms with Gasteiger partial charge in [-0.2, -0.15) is 0 Å². The smallest absolute Gasteiger partial charge is 0.309 e. The summed E-state index contributed by atoms with van der Waals surface area (Å²) in [6.45, 7) is 4.39. The molecule has 1 aliphatic heterocycles. The minimum Gasteiger partial charge on any atom is -0.466 e. The molecule has 0 aromatic heterocycles. The fraction of sp³-hybridized carbons (Fsp3) is 0.600. The molecule has 1 aromatic rings. The van der Waals surface area contributed by atoms with Crippen molar-refractivity contribution in [1.29, 1.82) is 0 Å². The van der Waals surface area contributed by atoms with Gasteiger partial charge in [0.1, 0.15) is 5.78 Å². The highest BCUT2D eigenvalue weighted by molar-refractivity contribution is 5.87. The summed E-state index contributed by atoms with van der Waals surface area (Å²) in [6.07, 6.45) is 3.01. The van der Waals surface area contributed by atoms with E-state index in [1.54, 1.807) is 0 Å². The third kappa shape index (κ3) is 2.04. The number of esters is 1. The highest BCUT2D eigenvalue weighted by atomic mass is 16.5. The molecule has 1 N–H and O–H groups in total. The van der Waals surface area contributed by atoms with Gasteiger partial charge in [0.05, 0.1) is 12.5 Å². The normalized spacial score (nSPS) is 37.0. The van der Waals surface area contributed by atoms with E-state index in [0.29, 0.717) is 31.1 Å². The largest absolute Gasteiger partial charge is 0.466 e. The van der Waals surface area contributed by atoms with Gasteiger partial charge < -0.3 is 10.1 Å². The standard InChI is InChI=1S/C20H25NO3/c1-3-24-19(23)15-10-11-17(22)14-9-8-13-12-6-4-5-7-16(12)21-18(13)20(14,15)2/h4-7,13-15,18,21H,3,8-11H2,1-2H3/t13?,14?,15-,18?,20+/m0/s1. The molecule has 0 spiro atoms. The molecular formula is C20H25NO3. The second kappa shape index (κ2) is 5.61. The van der Waals surface area contributed by atoms with Crippen LogP contribution in [0.4, 0.5) is 5.69 Å². The molecule has 128 valence electrons. The first-order valence-electron chi connectivity index (χ1n) is 9.12. The van der Waals surface area contributed by atoms with Gasteiger partial charge in [-0.3, -0.25) is 9.59 Å². The number of ether oxygens (including phenoxy) is 1. The van der Waals surface area contributed by atoms with Crippen molar-refractivity contribution >= 4 is 17.4 Å². The van der Waals surface area contributed by atoms with Gasteiger partial charge in [-0.25, -0.2) is 0 Å². The number of benzene rings is 1. The van der Waals surface area contributed by atoms with Crippen molar-refractivity contribution in [2.75, 3.05) is 11.9 Å². The third-order valence-electron chi connectivity index (χ3n) is 6.65. The fourth-order valence-corrected chi connectivity index (χ4v) is 5.54. The van der Waals surface area contributed by atoms with Crippen LogP contribution in [0.25, 0.3) is 0 Å². The number of Topliss-reactive ketones (excluding diaryl/α,β-unsaturated/α-hetero) is 1. The molecule has 4 nitrogen and oxygen atoms in total. The Morgan fingerprint density at radius 2 is 2.08 bits per heavy atom. The van der Waals surface area contributed by atoms with Gasteiger partial charge in [0.2, 0.25) is 0 Å². The molecule has 3 aliphatic rings. The van der Waals surface area contributed by atoms with E-state index >= 15 is 0 Å². The van der Waals surface area contributed by atoms with Crippen LogP contribution in [0.2, 0.25) is 0 Å². The molecule has 1 aromatic carbocycles. The predicted octanol–water partition coefficient (Wildman–Crippen LogP) is 3.52. The Morgan fingerprint density at radius 3 is 2.88 bits per heavy atom. The maximum atomic E-state index is 12.7. The number of anilines is 1. The summed E-state index contributed by atoms with van der Waals surface area (Å²) in [5.74, 6) is 0.342. The lowest BCUT2D eigenvalue weighted by Crippen LogP contribution is -2.59. The van der Waals surface area contributed by atoms with Crippen molar-refractivity contribution in [2.45, 2.75) is 51.5 Å². The van der Waals surface area contributed by atoms with Crippen molar-refractivity contribution in [3.63, 3.8) is 0 Å². The van der Waals surface area contributed by atoms with Crippen LogP contribution in [0.1, 0.15) is 51.0 Å². The number of hydrogen-bond donors (Lipinski definition) is 1. The van der Waals surface area contributed by atoms with Crippen molar-refractivity contribution in [1.82, 2.24) is 0 Å². The summed E-state index contributed by atoms with van der Waals surface area (Å²) in [4.78, 5) is 25.3. The summed E-state index contributed by atoms with van der Waals surface area (Å²) < 4.78 is 5.38. The monoisotopic (exact) mass is 327 g/mol. The number of carbonyl (C=O) groups is 2. The molecule has 0 radical (unpaired) electrons. The molecule has 1 heterocycles. The molecule has 5 atom stereocenters. The molecular weight excluding hydrogens is 302 g/mol. The van der Waals surface area contributed by atoms with Crippen molar-refractivity contribution < 1.29 is 14.3 Å². The summed E-state index contributed by atoms with van der Waals surface area (Å²) in [7, 11) is 0. The summed E-state index contributed by atoms with van der Waals surface area (Å²) in [5.41, 5.74) is 2.13. The first-order chi connectivity index (χ1) is 11.6. The molecule has 2 fully saturated rings. The second-order valence-electron chi connectivity index (χ2n) is 7.62. The number of ketones is 1. The van der Waals surface area contributed by atoms with E-state index in [2.05, 4.69) is 30.4 Å². The maximum absolute atomic E-state index is 12.7. The topological polar surface area (TPSA) is 55.4 Å². The minimum atomic E-state index is -0.372. The molecule has 0 amide bonds. The van der Waals surface area contributed by atoms with Crippen LogP contribution in [0, 0.1) is 17.3 Å². The zero-order valence-electron chi connectivity index (χ0n) is 14.4. The van der Waals surface area contributed by atoms with Gasteiger partial charge in [0.25, 0.3) is 0 Å². The number of rotatable bonds is 2. The number of hydrogen-bond acceptors (Lipinski definition) is 4. The number of para-hydroxylation sites is 1. The fourth-order valence-electron chi connectivity index (χ4n) is 5.54. The average molecular weight is 327 g/mol. The zero-order valence-corrected chi connectivity index (χ0v) is 14.4. The van der Waals surface area contributed by atoms with Crippen LogP contribution in [-0.2, 0) is 14.3 Å². The highest BCUT2D eigenvalue weighted by Gasteiger charge is 2.61.